The highest BCUT2D eigenvalue weighted by atomic mass is 32.1. The van der Waals surface area contributed by atoms with Crippen molar-refractivity contribution in [2.24, 2.45) is 11.8 Å². The van der Waals surface area contributed by atoms with Crippen LogP contribution in [0.5, 0.6) is 0 Å². The SMILES string of the molecule is CCOCCCNC(=S)N1CC2CCCC(C2)C1. The summed E-state index contributed by atoms with van der Waals surface area (Å²) in [5.74, 6) is 1.78. The molecule has 2 atom stereocenters. The molecule has 1 aliphatic carbocycles. The Morgan fingerprint density at radius 1 is 1.33 bits per heavy atom. The van der Waals surface area contributed by atoms with Gasteiger partial charge in [0.2, 0.25) is 0 Å². The van der Waals surface area contributed by atoms with Crippen LogP contribution in [-0.4, -0.2) is 42.9 Å². The maximum atomic E-state index is 5.50. The first-order valence-electron chi connectivity index (χ1n) is 7.40. The third-order valence-electron chi connectivity index (χ3n) is 4.08. The number of piperidine rings is 1. The second kappa shape index (κ2) is 7.29. The van der Waals surface area contributed by atoms with E-state index in [-0.39, 0.29) is 0 Å². The molecule has 1 saturated heterocycles. The van der Waals surface area contributed by atoms with E-state index in [0.717, 1.165) is 43.1 Å². The van der Waals surface area contributed by atoms with E-state index in [4.69, 9.17) is 17.0 Å². The van der Waals surface area contributed by atoms with Gasteiger partial charge in [0.1, 0.15) is 0 Å². The number of thiocarbonyl (C=S) groups is 1. The molecule has 104 valence electrons. The summed E-state index contributed by atoms with van der Waals surface area (Å²) in [6.45, 7) is 6.95. The van der Waals surface area contributed by atoms with Crippen LogP contribution in [0.3, 0.4) is 0 Å². The largest absolute Gasteiger partial charge is 0.382 e. The summed E-state index contributed by atoms with van der Waals surface area (Å²) >= 11 is 5.50. The van der Waals surface area contributed by atoms with Gasteiger partial charge >= 0.3 is 0 Å². The topological polar surface area (TPSA) is 24.5 Å². The Morgan fingerprint density at radius 2 is 2.06 bits per heavy atom. The molecule has 0 aromatic heterocycles. The van der Waals surface area contributed by atoms with E-state index in [1.807, 2.05) is 6.92 Å². The predicted octanol–water partition coefficient (Wildman–Crippen LogP) is 2.41. The van der Waals surface area contributed by atoms with E-state index < -0.39 is 0 Å². The van der Waals surface area contributed by atoms with Crippen LogP contribution in [0.15, 0.2) is 0 Å². The molecule has 2 bridgehead atoms. The lowest BCUT2D eigenvalue weighted by Crippen LogP contribution is -2.49. The average molecular weight is 270 g/mol. The van der Waals surface area contributed by atoms with Crippen molar-refractivity contribution >= 4 is 17.3 Å². The van der Waals surface area contributed by atoms with Crippen molar-refractivity contribution < 1.29 is 4.74 Å². The van der Waals surface area contributed by atoms with Gasteiger partial charge in [0, 0.05) is 32.8 Å². The lowest BCUT2D eigenvalue weighted by molar-refractivity contribution is 0.134. The molecule has 0 radical (unpaired) electrons. The van der Waals surface area contributed by atoms with Gasteiger partial charge in [0.05, 0.1) is 0 Å². The van der Waals surface area contributed by atoms with Crippen LogP contribution in [-0.2, 0) is 4.74 Å². The number of rotatable bonds is 5. The summed E-state index contributed by atoms with van der Waals surface area (Å²) in [6.07, 6.45) is 6.70. The quantitative estimate of drug-likeness (QED) is 0.612. The van der Waals surface area contributed by atoms with Gasteiger partial charge < -0.3 is 15.0 Å². The van der Waals surface area contributed by atoms with Crippen LogP contribution in [0.2, 0.25) is 0 Å². The molecular formula is C14H26N2OS. The van der Waals surface area contributed by atoms with E-state index >= 15 is 0 Å². The minimum Gasteiger partial charge on any atom is -0.382 e. The molecule has 2 fully saturated rings. The molecule has 0 spiro atoms. The first kappa shape index (κ1) is 14.1. The fraction of sp³-hybridized carbons (Fsp3) is 0.929. The molecule has 0 amide bonds. The van der Waals surface area contributed by atoms with Crippen LogP contribution >= 0.6 is 12.2 Å². The Bertz CT molecular complexity index is 261. The fourth-order valence-corrected chi connectivity index (χ4v) is 3.47. The molecule has 2 rings (SSSR count). The van der Waals surface area contributed by atoms with Crippen molar-refractivity contribution in [2.75, 3.05) is 32.8 Å². The van der Waals surface area contributed by atoms with Gasteiger partial charge in [-0.15, -0.1) is 0 Å². The maximum Gasteiger partial charge on any atom is 0.168 e. The van der Waals surface area contributed by atoms with Gasteiger partial charge in [0.15, 0.2) is 5.11 Å². The Hall–Kier alpha value is -0.350. The predicted molar refractivity (Wildman–Crippen MR) is 78.7 cm³/mol. The summed E-state index contributed by atoms with van der Waals surface area (Å²) in [6, 6.07) is 0. The molecule has 1 aliphatic heterocycles. The van der Waals surface area contributed by atoms with E-state index in [2.05, 4.69) is 10.2 Å². The van der Waals surface area contributed by atoms with Gasteiger partial charge in [-0.05, 0) is 56.7 Å². The standard InChI is InChI=1S/C14H26N2OS/c1-2-17-8-4-7-15-14(18)16-10-12-5-3-6-13(9-12)11-16/h12-13H,2-11H2,1H3,(H,15,18). The average Bonchev–Trinajstić information content (AvgIpc) is 2.38. The number of hydrogen-bond donors (Lipinski definition) is 1. The summed E-state index contributed by atoms with van der Waals surface area (Å²) in [7, 11) is 0. The monoisotopic (exact) mass is 270 g/mol. The second-order valence-corrected chi connectivity index (χ2v) is 5.97. The van der Waals surface area contributed by atoms with Crippen molar-refractivity contribution in [1.82, 2.24) is 10.2 Å². The highest BCUT2D eigenvalue weighted by molar-refractivity contribution is 7.80. The first-order chi connectivity index (χ1) is 8.79. The number of ether oxygens (including phenoxy) is 1. The summed E-state index contributed by atoms with van der Waals surface area (Å²) in [4.78, 5) is 2.40. The minimum absolute atomic E-state index is 0.805. The Balaban J connectivity index is 1.66. The molecule has 1 heterocycles. The fourth-order valence-electron chi connectivity index (χ4n) is 3.22. The van der Waals surface area contributed by atoms with E-state index in [1.165, 1.54) is 38.8 Å². The van der Waals surface area contributed by atoms with Gasteiger partial charge in [-0.3, -0.25) is 0 Å². The smallest absolute Gasteiger partial charge is 0.168 e. The highest BCUT2D eigenvalue weighted by Crippen LogP contribution is 2.34. The molecule has 2 aliphatic rings. The summed E-state index contributed by atoms with van der Waals surface area (Å²) in [5.41, 5.74) is 0. The molecule has 2 unspecified atom stereocenters. The van der Waals surface area contributed by atoms with Crippen molar-refractivity contribution in [3.63, 3.8) is 0 Å². The number of nitrogens with zero attached hydrogens (tertiary/aromatic N) is 1. The highest BCUT2D eigenvalue weighted by Gasteiger charge is 2.31. The minimum atomic E-state index is 0.805. The zero-order chi connectivity index (χ0) is 12.8. The molecule has 1 N–H and O–H groups in total. The maximum absolute atomic E-state index is 5.50. The van der Waals surface area contributed by atoms with Crippen molar-refractivity contribution in [3.05, 3.63) is 0 Å². The van der Waals surface area contributed by atoms with Crippen LogP contribution in [0.4, 0.5) is 0 Å². The first-order valence-corrected chi connectivity index (χ1v) is 7.81. The van der Waals surface area contributed by atoms with E-state index in [1.54, 1.807) is 0 Å². The van der Waals surface area contributed by atoms with Crippen molar-refractivity contribution in [1.29, 1.82) is 0 Å². The van der Waals surface area contributed by atoms with Crippen LogP contribution in [0, 0.1) is 11.8 Å². The van der Waals surface area contributed by atoms with Crippen LogP contribution in [0.25, 0.3) is 0 Å². The Morgan fingerprint density at radius 3 is 2.72 bits per heavy atom. The second-order valence-electron chi connectivity index (χ2n) is 5.59. The molecule has 4 heteroatoms. The summed E-state index contributed by atoms with van der Waals surface area (Å²) < 4.78 is 5.32. The molecule has 3 nitrogen and oxygen atoms in total. The van der Waals surface area contributed by atoms with Gasteiger partial charge in [-0.1, -0.05) is 6.42 Å². The normalized spacial score (nSPS) is 27.1. The summed E-state index contributed by atoms with van der Waals surface area (Å²) in [5, 5.41) is 4.34. The Kier molecular flexibility index (Phi) is 5.70. The zero-order valence-electron chi connectivity index (χ0n) is 11.5. The van der Waals surface area contributed by atoms with Gasteiger partial charge in [-0.2, -0.15) is 0 Å². The van der Waals surface area contributed by atoms with Crippen molar-refractivity contribution in [3.8, 4) is 0 Å². The molecule has 18 heavy (non-hydrogen) atoms. The Labute approximate surface area is 116 Å². The third-order valence-corrected chi connectivity index (χ3v) is 4.48. The lowest BCUT2D eigenvalue weighted by atomic mass is 9.78. The number of likely N-dealkylation sites (tertiary alicyclic amines) is 1. The molecule has 1 saturated carbocycles. The molecular weight excluding hydrogens is 244 g/mol. The van der Waals surface area contributed by atoms with Gasteiger partial charge in [-0.25, -0.2) is 0 Å². The number of fused-ring (bicyclic) bond motifs is 2. The zero-order valence-corrected chi connectivity index (χ0v) is 12.3. The number of hydrogen-bond acceptors (Lipinski definition) is 2. The van der Waals surface area contributed by atoms with E-state index in [0.29, 0.717) is 0 Å². The number of nitrogens with one attached hydrogen (secondary N) is 1. The van der Waals surface area contributed by atoms with Crippen LogP contribution < -0.4 is 5.32 Å². The van der Waals surface area contributed by atoms with Crippen LogP contribution in [0.1, 0.15) is 39.0 Å². The molecule has 0 aromatic rings. The lowest BCUT2D eigenvalue weighted by Gasteiger charge is -2.42. The molecule has 0 aromatic carbocycles. The van der Waals surface area contributed by atoms with Crippen molar-refractivity contribution in [2.45, 2.75) is 39.0 Å². The van der Waals surface area contributed by atoms with Gasteiger partial charge in [0.25, 0.3) is 0 Å². The van der Waals surface area contributed by atoms with E-state index in [9.17, 15) is 0 Å². The third kappa shape index (κ3) is 4.09.